The normalized spacial score (nSPS) is 11.6. The van der Waals surface area contributed by atoms with Gasteiger partial charge >= 0.3 is 5.69 Å². The molecule has 1 N–H and O–H groups in total. The fourth-order valence-corrected chi connectivity index (χ4v) is 1.76. The standard InChI is InChI=1S/C15H12F2N2O4/c1-9(23-14-5-3-2-4-12(14)17)15(20)18-10-6-7-11(16)13(8-10)19(21)22/h2-9H,1H3,(H,18,20)/t9-/m1/s1. The fraction of sp³-hybridized carbons (Fsp3) is 0.133. The number of benzene rings is 2. The van der Waals surface area contributed by atoms with E-state index >= 15 is 0 Å². The highest BCUT2D eigenvalue weighted by atomic mass is 19.1. The van der Waals surface area contributed by atoms with Gasteiger partial charge in [0.1, 0.15) is 0 Å². The molecule has 6 nitrogen and oxygen atoms in total. The summed E-state index contributed by atoms with van der Waals surface area (Å²) in [6.07, 6.45) is -1.06. The predicted molar refractivity (Wildman–Crippen MR) is 78.2 cm³/mol. The molecular formula is C15H12F2N2O4. The van der Waals surface area contributed by atoms with Crippen molar-refractivity contribution in [2.75, 3.05) is 5.32 Å². The molecule has 0 fully saturated rings. The molecule has 8 heteroatoms. The van der Waals surface area contributed by atoms with Crippen LogP contribution in [0.1, 0.15) is 6.92 Å². The van der Waals surface area contributed by atoms with Crippen LogP contribution in [0.2, 0.25) is 0 Å². The van der Waals surface area contributed by atoms with E-state index in [1.54, 1.807) is 6.07 Å². The summed E-state index contributed by atoms with van der Waals surface area (Å²) < 4.78 is 31.9. The Balaban J connectivity index is 2.08. The molecule has 0 radical (unpaired) electrons. The molecule has 23 heavy (non-hydrogen) atoms. The first-order valence-electron chi connectivity index (χ1n) is 6.54. The average Bonchev–Trinajstić information content (AvgIpc) is 2.51. The van der Waals surface area contributed by atoms with Crippen LogP contribution >= 0.6 is 0 Å². The molecule has 0 saturated heterocycles. The van der Waals surface area contributed by atoms with Gasteiger partial charge in [0.25, 0.3) is 5.91 Å². The van der Waals surface area contributed by atoms with Gasteiger partial charge in [0.05, 0.1) is 4.92 Å². The number of halogens is 2. The van der Waals surface area contributed by atoms with Gasteiger partial charge in [-0.3, -0.25) is 14.9 Å². The number of nitrogens with zero attached hydrogens (tertiary/aromatic N) is 1. The molecule has 0 saturated carbocycles. The molecule has 0 aliphatic carbocycles. The van der Waals surface area contributed by atoms with Gasteiger partial charge in [0.2, 0.25) is 5.82 Å². The van der Waals surface area contributed by atoms with Crippen LogP contribution in [-0.4, -0.2) is 16.9 Å². The smallest absolute Gasteiger partial charge is 0.306 e. The predicted octanol–water partition coefficient (Wildman–Crippen LogP) is 3.28. The van der Waals surface area contributed by atoms with E-state index in [1.807, 2.05) is 0 Å². The Morgan fingerprint density at radius 1 is 1.22 bits per heavy atom. The number of para-hydroxylation sites is 1. The number of nitro benzene ring substituents is 1. The summed E-state index contributed by atoms with van der Waals surface area (Å²) in [5, 5.41) is 13.0. The summed E-state index contributed by atoms with van der Waals surface area (Å²) >= 11 is 0. The summed E-state index contributed by atoms with van der Waals surface area (Å²) in [7, 11) is 0. The Kier molecular flexibility index (Phi) is 4.85. The van der Waals surface area contributed by atoms with Gasteiger partial charge in [-0.05, 0) is 31.2 Å². The molecule has 0 aliphatic rings. The lowest BCUT2D eigenvalue weighted by Crippen LogP contribution is -2.30. The topological polar surface area (TPSA) is 81.5 Å². The molecule has 0 spiro atoms. The lowest BCUT2D eigenvalue weighted by Gasteiger charge is -2.15. The Bertz CT molecular complexity index is 752. The minimum absolute atomic E-state index is 0.0343. The highest BCUT2D eigenvalue weighted by molar-refractivity contribution is 5.94. The number of hydrogen-bond acceptors (Lipinski definition) is 4. The second-order valence-electron chi connectivity index (χ2n) is 4.60. The van der Waals surface area contributed by atoms with Crippen LogP contribution < -0.4 is 10.1 Å². The van der Waals surface area contributed by atoms with Gasteiger partial charge in [-0.25, -0.2) is 4.39 Å². The number of rotatable bonds is 5. The molecule has 0 bridgehead atoms. The highest BCUT2D eigenvalue weighted by Crippen LogP contribution is 2.22. The molecule has 120 valence electrons. The zero-order chi connectivity index (χ0) is 17.0. The van der Waals surface area contributed by atoms with Crippen molar-refractivity contribution in [3.63, 3.8) is 0 Å². The number of ether oxygens (including phenoxy) is 1. The van der Waals surface area contributed by atoms with E-state index in [9.17, 15) is 23.7 Å². The number of nitro groups is 1. The van der Waals surface area contributed by atoms with E-state index in [4.69, 9.17) is 4.74 Å². The van der Waals surface area contributed by atoms with Crippen LogP contribution in [0.15, 0.2) is 42.5 Å². The van der Waals surface area contributed by atoms with Crippen molar-refractivity contribution in [1.82, 2.24) is 0 Å². The maximum atomic E-state index is 13.5. The maximum absolute atomic E-state index is 13.5. The Morgan fingerprint density at radius 3 is 2.57 bits per heavy atom. The quantitative estimate of drug-likeness (QED) is 0.676. The van der Waals surface area contributed by atoms with Crippen LogP contribution in [0.5, 0.6) is 5.75 Å². The first-order chi connectivity index (χ1) is 10.9. The molecule has 0 heterocycles. The van der Waals surface area contributed by atoms with Crippen LogP contribution in [0.4, 0.5) is 20.2 Å². The molecule has 2 aromatic carbocycles. The third-order valence-electron chi connectivity index (χ3n) is 2.92. The number of carbonyl (C=O) groups is 1. The van der Waals surface area contributed by atoms with Crippen molar-refractivity contribution >= 4 is 17.3 Å². The minimum Gasteiger partial charge on any atom is -0.478 e. The third kappa shape index (κ3) is 4.00. The Morgan fingerprint density at radius 2 is 1.91 bits per heavy atom. The summed E-state index contributed by atoms with van der Waals surface area (Å²) in [5.74, 6) is -2.39. The summed E-state index contributed by atoms with van der Waals surface area (Å²) in [6.45, 7) is 1.39. The van der Waals surface area contributed by atoms with E-state index in [2.05, 4.69) is 5.32 Å². The van der Waals surface area contributed by atoms with Gasteiger partial charge < -0.3 is 10.1 Å². The lowest BCUT2D eigenvalue weighted by molar-refractivity contribution is -0.387. The first-order valence-corrected chi connectivity index (χ1v) is 6.54. The van der Waals surface area contributed by atoms with Crippen molar-refractivity contribution in [3.8, 4) is 5.75 Å². The number of hydrogen-bond donors (Lipinski definition) is 1. The molecule has 2 aromatic rings. The molecule has 0 aromatic heterocycles. The van der Waals surface area contributed by atoms with Gasteiger partial charge in [-0.1, -0.05) is 12.1 Å². The second-order valence-corrected chi connectivity index (χ2v) is 4.60. The average molecular weight is 322 g/mol. The minimum atomic E-state index is -1.06. The van der Waals surface area contributed by atoms with Crippen LogP contribution in [0.25, 0.3) is 0 Å². The highest BCUT2D eigenvalue weighted by Gasteiger charge is 2.19. The Labute approximate surface area is 129 Å². The van der Waals surface area contributed by atoms with Crippen LogP contribution in [-0.2, 0) is 4.79 Å². The van der Waals surface area contributed by atoms with Crippen molar-refractivity contribution in [1.29, 1.82) is 0 Å². The van der Waals surface area contributed by atoms with E-state index in [0.717, 1.165) is 12.1 Å². The number of anilines is 1. The van der Waals surface area contributed by atoms with Crippen molar-refractivity contribution in [2.24, 2.45) is 0 Å². The fourth-order valence-electron chi connectivity index (χ4n) is 1.76. The molecule has 0 unspecified atom stereocenters. The van der Waals surface area contributed by atoms with Crippen LogP contribution in [0.3, 0.4) is 0 Å². The number of carbonyl (C=O) groups excluding carboxylic acids is 1. The molecular weight excluding hydrogens is 310 g/mol. The van der Waals surface area contributed by atoms with Gasteiger partial charge in [0, 0.05) is 11.8 Å². The van der Waals surface area contributed by atoms with Crippen LogP contribution in [0, 0.1) is 21.7 Å². The second kappa shape index (κ2) is 6.82. The monoisotopic (exact) mass is 322 g/mol. The molecule has 1 atom stereocenters. The third-order valence-corrected chi connectivity index (χ3v) is 2.92. The molecule has 2 rings (SSSR count). The zero-order valence-corrected chi connectivity index (χ0v) is 12.0. The van der Waals surface area contributed by atoms with Gasteiger partial charge in [0.15, 0.2) is 17.7 Å². The SMILES string of the molecule is C[C@@H](Oc1ccccc1F)C(=O)Nc1ccc(F)c([N+](=O)[O-])c1. The van der Waals surface area contributed by atoms with Gasteiger partial charge in [-0.2, -0.15) is 4.39 Å². The zero-order valence-electron chi connectivity index (χ0n) is 12.0. The van der Waals surface area contributed by atoms with E-state index in [1.165, 1.54) is 31.2 Å². The van der Waals surface area contributed by atoms with Gasteiger partial charge in [-0.15, -0.1) is 0 Å². The Hall–Kier alpha value is -3.03. The van der Waals surface area contributed by atoms with Crippen molar-refractivity contribution in [2.45, 2.75) is 13.0 Å². The number of amides is 1. The summed E-state index contributed by atoms with van der Waals surface area (Å²) in [4.78, 5) is 21.7. The van der Waals surface area contributed by atoms with Crippen molar-refractivity contribution < 1.29 is 23.2 Å². The summed E-state index contributed by atoms with van der Waals surface area (Å²) in [6, 6.07) is 8.51. The molecule has 0 aliphatic heterocycles. The largest absolute Gasteiger partial charge is 0.478 e. The summed E-state index contributed by atoms with van der Waals surface area (Å²) in [5.41, 5.74) is -0.724. The number of nitrogens with one attached hydrogen (secondary N) is 1. The maximum Gasteiger partial charge on any atom is 0.306 e. The van der Waals surface area contributed by atoms with E-state index in [0.29, 0.717) is 0 Å². The van der Waals surface area contributed by atoms with E-state index < -0.39 is 34.3 Å². The first kappa shape index (κ1) is 16.3. The van der Waals surface area contributed by atoms with Crippen molar-refractivity contribution in [3.05, 3.63) is 64.2 Å². The van der Waals surface area contributed by atoms with E-state index in [-0.39, 0.29) is 11.4 Å². The molecule has 1 amide bonds. The lowest BCUT2D eigenvalue weighted by atomic mass is 10.2.